The SMILES string of the molecule is CCCC(=O)O[C@H](C)c1nccc(N2CCN(c3nc(C)cc(COC)n3)C[C@@H]2C)n1. The van der Waals surface area contributed by atoms with E-state index >= 15 is 0 Å². The van der Waals surface area contributed by atoms with Crippen molar-refractivity contribution in [2.75, 3.05) is 36.5 Å². The van der Waals surface area contributed by atoms with Crippen LogP contribution in [0.4, 0.5) is 11.8 Å². The molecule has 0 spiro atoms. The van der Waals surface area contributed by atoms with Crippen LogP contribution in [0.5, 0.6) is 0 Å². The Morgan fingerprint density at radius 1 is 1.29 bits per heavy atom. The van der Waals surface area contributed by atoms with Gasteiger partial charge >= 0.3 is 5.97 Å². The van der Waals surface area contributed by atoms with E-state index in [1.165, 1.54) is 0 Å². The minimum Gasteiger partial charge on any atom is -0.454 e. The second-order valence-electron chi connectivity index (χ2n) is 7.88. The topological polar surface area (TPSA) is 93.6 Å². The number of methoxy groups -OCH3 is 1. The summed E-state index contributed by atoms with van der Waals surface area (Å²) >= 11 is 0. The van der Waals surface area contributed by atoms with Crippen molar-refractivity contribution in [3.63, 3.8) is 0 Å². The molecule has 9 heteroatoms. The minimum absolute atomic E-state index is 0.199. The molecule has 2 aromatic rings. The third-order valence-corrected chi connectivity index (χ3v) is 5.18. The van der Waals surface area contributed by atoms with E-state index in [2.05, 4.69) is 36.7 Å². The van der Waals surface area contributed by atoms with E-state index in [4.69, 9.17) is 9.47 Å². The van der Waals surface area contributed by atoms with Gasteiger partial charge in [0, 0.05) is 51.1 Å². The molecule has 0 aromatic carbocycles. The van der Waals surface area contributed by atoms with Gasteiger partial charge in [-0.25, -0.2) is 19.9 Å². The van der Waals surface area contributed by atoms with Crippen molar-refractivity contribution in [2.24, 2.45) is 0 Å². The maximum Gasteiger partial charge on any atom is 0.306 e. The Bertz CT molecular complexity index is 893. The molecule has 31 heavy (non-hydrogen) atoms. The summed E-state index contributed by atoms with van der Waals surface area (Å²) in [7, 11) is 1.67. The molecule has 0 amide bonds. The summed E-state index contributed by atoms with van der Waals surface area (Å²) in [6, 6.07) is 4.05. The van der Waals surface area contributed by atoms with Gasteiger partial charge < -0.3 is 19.3 Å². The molecule has 1 aliphatic heterocycles. The van der Waals surface area contributed by atoms with Crippen molar-refractivity contribution >= 4 is 17.7 Å². The summed E-state index contributed by atoms with van der Waals surface area (Å²) in [6.45, 7) is 10.7. The van der Waals surface area contributed by atoms with Gasteiger partial charge in [-0.1, -0.05) is 6.92 Å². The van der Waals surface area contributed by atoms with Crippen molar-refractivity contribution in [1.82, 2.24) is 19.9 Å². The van der Waals surface area contributed by atoms with E-state index in [0.717, 1.165) is 49.2 Å². The average molecular weight is 429 g/mol. The van der Waals surface area contributed by atoms with Gasteiger partial charge in [0.1, 0.15) is 5.82 Å². The lowest BCUT2D eigenvalue weighted by Crippen LogP contribution is -2.53. The van der Waals surface area contributed by atoms with Crippen LogP contribution in [0, 0.1) is 6.92 Å². The number of aryl methyl sites for hydroxylation is 1. The Balaban J connectivity index is 1.69. The number of anilines is 2. The highest BCUT2D eigenvalue weighted by molar-refractivity contribution is 5.69. The molecular formula is C22H32N6O3. The minimum atomic E-state index is -0.476. The fraction of sp³-hybridized carbons (Fsp3) is 0.591. The van der Waals surface area contributed by atoms with Crippen molar-refractivity contribution < 1.29 is 14.3 Å². The van der Waals surface area contributed by atoms with Gasteiger partial charge in [-0.3, -0.25) is 4.79 Å². The lowest BCUT2D eigenvalue weighted by molar-refractivity contribution is -0.149. The predicted molar refractivity (Wildman–Crippen MR) is 118 cm³/mol. The van der Waals surface area contributed by atoms with E-state index in [1.54, 1.807) is 20.2 Å². The van der Waals surface area contributed by atoms with Crippen LogP contribution in [0.25, 0.3) is 0 Å². The second kappa shape index (κ2) is 10.5. The number of hydrogen-bond acceptors (Lipinski definition) is 9. The number of piperazine rings is 1. The van der Waals surface area contributed by atoms with Crippen molar-refractivity contribution in [1.29, 1.82) is 0 Å². The Morgan fingerprint density at radius 3 is 2.81 bits per heavy atom. The molecule has 0 radical (unpaired) electrons. The normalized spacial score (nSPS) is 17.5. The summed E-state index contributed by atoms with van der Waals surface area (Å²) < 4.78 is 10.7. The van der Waals surface area contributed by atoms with E-state index in [9.17, 15) is 4.79 Å². The number of carbonyl (C=O) groups excluding carboxylic acids is 1. The molecule has 9 nitrogen and oxygen atoms in total. The molecule has 1 saturated heterocycles. The first-order valence-corrected chi connectivity index (χ1v) is 10.8. The predicted octanol–water partition coefficient (Wildman–Crippen LogP) is 2.84. The number of rotatable bonds is 8. The fourth-order valence-electron chi connectivity index (χ4n) is 3.69. The van der Waals surface area contributed by atoms with E-state index in [-0.39, 0.29) is 12.0 Å². The molecule has 0 aliphatic carbocycles. The lowest BCUT2D eigenvalue weighted by atomic mass is 10.2. The monoisotopic (exact) mass is 428 g/mol. The quantitative estimate of drug-likeness (QED) is 0.588. The number of esters is 1. The summed E-state index contributed by atoms with van der Waals surface area (Å²) in [5, 5.41) is 0. The van der Waals surface area contributed by atoms with Crippen molar-refractivity contribution in [3.05, 3.63) is 35.5 Å². The first-order chi connectivity index (χ1) is 14.9. The Morgan fingerprint density at radius 2 is 2.10 bits per heavy atom. The van der Waals surface area contributed by atoms with Crippen LogP contribution in [0.1, 0.15) is 56.9 Å². The highest BCUT2D eigenvalue weighted by atomic mass is 16.5. The summed E-state index contributed by atoms with van der Waals surface area (Å²) in [5.74, 6) is 1.86. The molecular weight excluding hydrogens is 396 g/mol. The number of aromatic nitrogens is 4. The van der Waals surface area contributed by atoms with Crippen molar-refractivity contribution in [3.8, 4) is 0 Å². The zero-order chi connectivity index (χ0) is 22.4. The van der Waals surface area contributed by atoms with E-state index in [0.29, 0.717) is 18.9 Å². The first kappa shape index (κ1) is 22.9. The third kappa shape index (κ3) is 5.88. The molecule has 0 N–H and O–H groups in total. The van der Waals surface area contributed by atoms with Crippen LogP contribution < -0.4 is 9.80 Å². The third-order valence-electron chi connectivity index (χ3n) is 5.18. The smallest absolute Gasteiger partial charge is 0.306 e. The molecule has 168 valence electrons. The summed E-state index contributed by atoms with van der Waals surface area (Å²) in [4.78, 5) is 34.5. The molecule has 0 unspecified atom stereocenters. The number of nitrogens with zero attached hydrogens (tertiary/aromatic N) is 6. The van der Waals surface area contributed by atoms with Gasteiger partial charge in [-0.2, -0.15) is 0 Å². The summed E-state index contributed by atoms with van der Waals surface area (Å²) in [5.41, 5.74) is 1.81. The molecule has 1 aliphatic rings. The van der Waals surface area contributed by atoms with Gasteiger partial charge in [0.15, 0.2) is 11.9 Å². The molecule has 1 fully saturated rings. The zero-order valence-electron chi connectivity index (χ0n) is 19.0. The second-order valence-corrected chi connectivity index (χ2v) is 7.88. The zero-order valence-corrected chi connectivity index (χ0v) is 19.0. The summed E-state index contributed by atoms with van der Waals surface area (Å²) in [6.07, 6.45) is 2.40. The van der Waals surface area contributed by atoms with Crippen LogP contribution in [-0.4, -0.2) is 58.7 Å². The molecule has 0 bridgehead atoms. The van der Waals surface area contributed by atoms with Gasteiger partial charge in [0.25, 0.3) is 0 Å². The molecule has 2 atom stereocenters. The lowest BCUT2D eigenvalue weighted by Gasteiger charge is -2.40. The van der Waals surface area contributed by atoms with Crippen LogP contribution in [0.3, 0.4) is 0 Å². The van der Waals surface area contributed by atoms with Crippen molar-refractivity contribution in [2.45, 2.75) is 59.3 Å². The Kier molecular flexibility index (Phi) is 7.73. The largest absolute Gasteiger partial charge is 0.454 e. The van der Waals surface area contributed by atoms with Crippen LogP contribution in [0.2, 0.25) is 0 Å². The molecule has 0 saturated carbocycles. The number of ether oxygens (including phenoxy) is 2. The number of carbonyl (C=O) groups is 1. The van der Waals surface area contributed by atoms with Gasteiger partial charge in [0.2, 0.25) is 5.95 Å². The van der Waals surface area contributed by atoms with E-state index in [1.807, 2.05) is 26.0 Å². The van der Waals surface area contributed by atoms with E-state index < -0.39 is 6.10 Å². The maximum atomic E-state index is 11.8. The highest BCUT2D eigenvalue weighted by Gasteiger charge is 2.27. The number of hydrogen-bond donors (Lipinski definition) is 0. The van der Waals surface area contributed by atoms with Gasteiger partial charge in [-0.05, 0) is 39.3 Å². The molecule has 3 rings (SSSR count). The van der Waals surface area contributed by atoms with Gasteiger partial charge in [0.05, 0.1) is 12.3 Å². The Labute approximate surface area is 183 Å². The van der Waals surface area contributed by atoms with Crippen LogP contribution >= 0.6 is 0 Å². The van der Waals surface area contributed by atoms with Crippen LogP contribution in [0.15, 0.2) is 18.3 Å². The maximum absolute atomic E-state index is 11.8. The highest BCUT2D eigenvalue weighted by Crippen LogP contribution is 2.23. The Hall–Kier alpha value is -2.81. The van der Waals surface area contributed by atoms with Crippen LogP contribution in [-0.2, 0) is 20.9 Å². The standard InChI is InChI=1S/C22H32N6O3/c1-6-7-20(29)31-17(4)21-23-9-8-19(26-21)28-11-10-27(13-16(28)3)22-24-15(2)12-18(25-22)14-30-5/h8-9,12,16-17H,6-7,10-11,13-14H2,1-5H3/t16-,17+/m0/s1. The average Bonchev–Trinajstić information content (AvgIpc) is 2.73. The molecule has 3 heterocycles. The van der Waals surface area contributed by atoms with Gasteiger partial charge in [-0.15, -0.1) is 0 Å². The molecule has 2 aromatic heterocycles. The first-order valence-electron chi connectivity index (χ1n) is 10.8. The fourth-order valence-corrected chi connectivity index (χ4v) is 3.69.